The Balaban J connectivity index is 0.000001000. The SMILES string of the molecule is CCOCn1cc[n+](C)c1.[Cl-]. The molecule has 0 atom stereocenters. The lowest BCUT2D eigenvalue weighted by molar-refractivity contribution is -0.671. The first-order valence-corrected chi connectivity index (χ1v) is 3.41. The summed E-state index contributed by atoms with van der Waals surface area (Å²) in [6.07, 6.45) is 5.95. The van der Waals surface area contributed by atoms with Crippen LogP contribution in [-0.2, 0) is 18.5 Å². The van der Waals surface area contributed by atoms with Crippen LogP contribution in [0, 0.1) is 0 Å². The summed E-state index contributed by atoms with van der Waals surface area (Å²) in [6.45, 7) is 3.41. The maximum atomic E-state index is 5.18. The summed E-state index contributed by atoms with van der Waals surface area (Å²) in [7, 11) is 1.99. The maximum Gasteiger partial charge on any atom is 0.245 e. The molecule has 0 aliphatic heterocycles. The molecule has 0 aliphatic rings. The molecule has 0 amide bonds. The molecule has 0 aliphatic carbocycles. The van der Waals surface area contributed by atoms with Crippen molar-refractivity contribution in [1.29, 1.82) is 0 Å². The van der Waals surface area contributed by atoms with Gasteiger partial charge in [0.25, 0.3) is 0 Å². The summed E-state index contributed by atoms with van der Waals surface area (Å²) in [5, 5.41) is 0. The quantitative estimate of drug-likeness (QED) is 0.459. The van der Waals surface area contributed by atoms with Gasteiger partial charge in [-0.25, -0.2) is 9.13 Å². The van der Waals surface area contributed by atoms with Gasteiger partial charge in [-0.2, -0.15) is 0 Å². The average molecular weight is 177 g/mol. The lowest BCUT2D eigenvalue weighted by Crippen LogP contribution is -3.00. The monoisotopic (exact) mass is 176 g/mol. The molecule has 1 rings (SSSR count). The van der Waals surface area contributed by atoms with Crippen molar-refractivity contribution in [2.24, 2.45) is 7.05 Å². The number of aromatic nitrogens is 2. The Kier molecular flexibility index (Phi) is 4.90. The van der Waals surface area contributed by atoms with Crippen LogP contribution in [0.3, 0.4) is 0 Å². The number of nitrogens with zero attached hydrogens (tertiary/aromatic N) is 2. The molecule has 64 valence electrons. The Bertz CT molecular complexity index is 200. The number of hydrogen-bond donors (Lipinski definition) is 0. The van der Waals surface area contributed by atoms with E-state index in [4.69, 9.17) is 4.74 Å². The molecule has 0 fully saturated rings. The van der Waals surface area contributed by atoms with Gasteiger partial charge >= 0.3 is 0 Å². The van der Waals surface area contributed by atoms with Crippen molar-refractivity contribution in [3.63, 3.8) is 0 Å². The highest BCUT2D eigenvalue weighted by molar-refractivity contribution is 4.62. The van der Waals surface area contributed by atoms with Crippen LogP contribution in [0.1, 0.15) is 6.92 Å². The molecule has 0 spiro atoms. The number of rotatable bonds is 3. The highest BCUT2D eigenvalue weighted by Gasteiger charge is 1.96. The molecule has 0 bridgehead atoms. The van der Waals surface area contributed by atoms with E-state index < -0.39 is 0 Å². The number of aryl methyl sites for hydroxylation is 1. The van der Waals surface area contributed by atoms with Crippen molar-refractivity contribution >= 4 is 0 Å². The summed E-state index contributed by atoms with van der Waals surface area (Å²) in [5.74, 6) is 0. The van der Waals surface area contributed by atoms with Crippen molar-refractivity contribution in [2.75, 3.05) is 6.61 Å². The molecule has 1 aromatic heterocycles. The van der Waals surface area contributed by atoms with E-state index in [-0.39, 0.29) is 12.4 Å². The average Bonchev–Trinajstić information content (AvgIpc) is 2.31. The molecule has 4 heteroatoms. The van der Waals surface area contributed by atoms with E-state index in [1.54, 1.807) is 0 Å². The molecule has 0 aromatic carbocycles. The lowest BCUT2D eigenvalue weighted by Gasteiger charge is -1.93. The molecule has 0 saturated heterocycles. The van der Waals surface area contributed by atoms with Crippen LogP contribution in [0.2, 0.25) is 0 Å². The van der Waals surface area contributed by atoms with Crippen molar-refractivity contribution in [2.45, 2.75) is 13.7 Å². The molecule has 3 nitrogen and oxygen atoms in total. The molecule has 0 N–H and O–H groups in total. The number of halogens is 1. The minimum absolute atomic E-state index is 0. The van der Waals surface area contributed by atoms with Crippen LogP contribution in [0.25, 0.3) is 0 Å². The van der Waals surface area contributed by atoms with Crippen molar-refractivity contribution in [3.8, 4) is 0 Å². The van der Waals surface area contributed by atoms with Crippen LogP contribution < -0.4 is 17.0 Å². The maximum absolute atomic E-state index is 5.18. The zero-order valence-electron chi connectivity index (χ0n) is 6.83. The van der Waals surface area contributed by atoms with E-state index in [1.165, 1.54) is 0 Å². The molecular formula is C7H13ClN2O. The zero-order chi connectivity index (χ0) is 7.40. The Labute approximate surface area is 73.0 Å². The van der Waals surface area contributed by atoms with E-state index in [0.29, 0.717) is 6.73 Å². The van der Waals surface area contributed by atoms with E-state index in [1.807, 2.05) is 41.8 Å². The first-order valence-electron chi connectivity index (χ1n) is 3.41. The fourth-order valence-corrected chi connectivity index (χ4v) is 0.775. The van der Waals surface area contributed by atoms with Gasteiger partial charge in [0.2, 0.25) is 6.33 Å². The Hall–Kier alpha value is -0.540. The highest BCUT2D eigenvalue weighted by Crippen LogP contribution is 1.84. The summed E-state index contributed by atoms with van der Waals surface area (Å²) in [6, 6.07) is 0. The van der Waals surface area contributed by atoms with Gasteiger partial charge in [0.05, 0.1) is 7.05 Å². The van der Waals surface area contributed by atoms with Gasteiger partial charge in [-0.15, -0.1) is 0 Å². The Morgan fingerprint density at radius 1 is 1.55 bits per heavy atom. The summed E-state index contributed by atoms with van der Waals surface area (Å²) >= 11 is 0. The van der Waals surface area contributed by atoms with Crippen LogP contribution in [0.5, 0.6) is 0 Å². The van der Waals surface area contributed by atoms with Crippen LogP contribution in [0.15, 0.2) is 18.7 Å². The number of hydrogen-bond acceptors (Lipinski definition) is 1. The Morgan fingerprint density at radius 3 is 2.73 bits per heavy atom. The second kappa shape index (κ2) is 5.16. The van der Waals surface area contributed by atoms with E-state index in [0.717, 1.165) is 6.61 Å². The van der Waals surface area contributed by atoms with Crippen molar-refractivity contribution in [3.05, 3.63) is 18.7 Å². The van der Waals surface area contributed by atoms with Gasteiger partial charge in [0.1, 0.15) is 12.4 Å². The normalized spacial score (nSPS) is 9.27. The second-order valence-electron chi connectivity index (χ2n) is 2.22. The number of imidazole rings is 1. The van der Waals surface area contributed by atoms with Crippen molar-refractivity contribution in [1.82, 2.24) is 4.57 Å². The summed E-state index contributed by atoms with van der Waals surface area (Å²) in [4.78, 5) is 0. The third-order valence-corrected chi connectivity index (χ3v) is 1.27. The fraction of sp³-hybridized carbons (Fsp3) is 0.571. The predicted molar refractivity (Wildman–Crippen MR) is 37.2 cm³/mol. The van der Waals surface area contributed by atoms with Gasteiger partial charge in [-0.1, -0.05) is 0 Å². The first kappa shape index (κ1) is 10.5. The van der Waals surface area contributed by atoms with Crippen LogP contribution >= 0.6 is 0 Å². The van der Waals surface area contributed by atoms with Crippen LogP contribution in [-0.4, -0.2) is 11.2 Å². The predicted octanol–water partition coefficient (Wildman–Crippen LogP) is -2.69. The largest absolute Gasteiger partial charge is 1.00 e. The van der Waals surface area contributed by atoms with Gasteiger partial charge in [-0.3, -0.25) is 0 Å². The zero-order valence-corrected chi connectivity index (χ0v) is 7.58. The molecule has 0 unspecified atom stereocenters. The number of ether oxygens (including phenoxy) is 1. The van der Waals surface area contributed by atoms with E-state index in [2.05, 4.69) is 0 Å². The minimum Gasteiger partial charge on any atom is -1.00 e. The lowest BCUT2D eigenvalue weighted by atomic mass is 10.8. The molecule has 0 radical (unpaired) electrons. The summed E-state index contributed by atoms with van der Waals surface area (Å²) in [5.41, 5.74) is 0. The minimum atomic E-state index is 0. The second-order valence-corrected chi connectivity index (χ2v) is 2.22. The summed E-state index contributed by atoms with van der Waals surface area (Å²) < 4.78 is 9.16. The van der Waals surface area contributed by atoms with Crippen molar-refractivity contribution < 1.29 is 21.7 Å². The van der Waals surface area contributed by atoms with Gasteiger partial charge in [-0.05, 0) is 6.92 Å². The molecule has 1 heterocycles. The van der Waals surface area contributed by atoms with Gasteiger partial charge < -0.3 is 17.1 Å². The standard InChI is InChI=1S/C7H13N2O.ClH/c1-3-10-7-9-5-4-8(2)6-9;/h4-6H,3,7H2,1-2H3;1H/q+1;/p-1. The van der Waals surface area contributed by atoms with Crippen LogP contribution in [0.4, 0.5) is 0 Å². The van der Waals surface area contributed by atoms with E-state index in [9.17, 15) is 0 Å². The molecular weight excluding hydrogens is 164 g/mol. The van der Waals surface area contributed by atoms with E-state index >= 15 is 0 Å². The molecule has 1 aromatic rings. The van der Waals surface area contributed by atoms with Gasteiger partial charge in [0, 0.05) is 6.61 Å². The molecule has 11 heavy (non-hydrogen) atoms. The first-order chi connectivity index (χ1) is 4.83. The topological polar surface area (TPSA) is 18.0 Å². The fourth-order valence-electron chi connectivity index (χ4n) is 0.775. The smallest absolute Gasteiger partial charge is 0.245 e. The molecule has 0 saturated carbocycles. The van der Waals surface area contributed by atoms with Gasteiger partial charge in [0.15, 0.2) is 6.73 Å². The Morgan fingerprint density at radius 2 is 2.27 bits per heavy atom. The third-order valence-electron chi connectivity index (χ3n) is 1.27. The highest BCUT2D eigenvalue weighted by atomic mass is 35.5. The third kappa shape index (κ3) is 3.39.